The number of carbonyl (C=O) groups excluding carboxylic acids is 1. The van der Waals surface area contributed by atoms with Crippen LogP contribution in [0.2, 0.25) is 5.02 Å². The number of hydrogen-bond donors (Lipinski definition) is 1. The summed E-state index contributed by atoms with van der Waals surface area (Å²) in [4.78, 5) is 14.9. The number of benzene rings is 1. The zero-order valence-corrected chi connectivity index (χ0v) is 15.6. The topological polar surface area (TPSA) is 58.6 Å². The summed E-state index contributed by atoms with van der Waals surface area (Å²) in [7, 11) is 0. The molecule has 1 aromatic carbocycles. The van der Waals surface area contributed by atoms with Gasteiger partial charge in [0.25, 0.3) is 5.91 Å². The molecule has 1 N–H and O–H groups in total. The minimum Gasteiger partial charge on any atom is -0.468 e. The molecule has 0 unspecified atom stereocenters. The van der Waals surface area contributed by atoms with Crippen molar-refractivity contribution in [3.05, 3.63) is 71.3 Å². The number of halogens is 1. The van der Waals surface area contributed by atoms with E-state index in [0.29, 0.717) is 23.1 Å². The fraction of sp³-hybridized carbons (Fsp3) is 0.286. The van der Waals surface area contributed by atoms with Crippen LogP contribution in [0.5, 0.6) is 0 Å². The third kappa shape index (κ3) is 4.10. The second-order valence-electron chi connectivity index (χ2n) is 6.66. The molecule has 140 valence electrons. The third-order valence-electron chi connectivity index (χ3n) is 4.87. The molecule has 4 rings (SSSR count). The van der Waals surface area contributed by atoms with E-state index in [0.717, 1.165) is 24.4 Å². The molecule has 1 fully saturated rings. The fourth-order valence-corrected chi connectivity index (χ4v) is 3.58. The highest BCUT2D eigenvalue weighted by molar-refractivity contribution is 6.30. The summed E-state index contributed by atoms with van der Waals surface area (Å²) in [5.41, 5.74) is 0.879. The van der Waals surface area contributed by atoms with Gasteiger partial charge in [-0.2, -0.15) is 0 Å². The maximum atomic E-state index is 12.6. The van der Waals surface area contributed by atoms with E-state index in [1.165, 1.54) is 12.8 Å². The first kappa shape index (κ1) is 17.9. The molecule has 1 amide bonds. The highest BCUT2D eigenvalue weighted by atomic mass is 35.5. The molecule has 2 aromatic heterocycles. The van der Waals surface area contributed by atoms with Crippen molar-refractivity contribution in [1.82, 2.24) is 10.2 Å². The van der Waals surface area contributed by atoms with Gasteiger partial charge >= 0.3 is 0 Å². The first-order chi connectivity index (χ1) is 13.2. The molecule has 1 saturated heterocycles. The minimum absolute atomic E-state index is 0.0390. The molecule has 5 nitrogen and oxygen atoms in total. The van der Waals surface area contributed by atoms with Gasteiger partial charge in [0.15, 0.2) is 5.76 Å². The lowest BCUT2D eigenvalue weighted by Crippen LogP contribution is -2.36. The van der Waals surface area contributed by atoms with Crippen molar-refractivity contribution in [2.75, 3.05) is 19.6 Å². The van der Waals surface area contributed by atoms with E-state index >= 15 is 0 Å². The monoisotopic (exact) mass is 384 g/mol. The standard InChI is InChI=1S/C21H21ClN2O3/c22-16-7-5-15(6-8-16)18-9-10-20(27-18)21(25)23-14-17(19-4-3-13-26-19)24-11-1-2-12-24/h3-10,13,17H,1-2,11-12,14H2,(H,23,25)/t17-/m1/s1. The lowest BCUT2D eigenvalue weighted by molar-refractivity contribution is 0.0907. The highest BCUT2D eigenvalue weighted by Gasteiger charge is 2.26. The van der Waals surface area contributed by atoms with E-state index < -0.39 is 0 Å². The second kappa shape index (κ2) is 8.03. The molecule has 0 radical (unpaired) electrons. The van der Waals surface area contributed by atoms with E-state index in [2.05, 4.69) is 10.2 Å². The Morgan fingerprint density at radius 2 is 1.89 bits per heavy atom. The van der Waals surface area contributed by atoms with E-state index in [9.17, 15) is 4.79 Å². The fourth-order valence-electron chi connectivity index (χ4n) is 3.45. The zero-order chi connectivity index (χ0) is 18.6. The van der Waals surface area contributed by atoms with Crippen molar-refractivity contribution in [3.8, 4) is 11.3 Å². The van der Waals surface area contributed by atoms with Gasteiger partial charge in [0, 0.05) is 17.1 Å². The maximum Gasteiger partial charge on any atom is 0.287 e. The molecule has 6 heteroatoms. The van der Waals surface area contributed by atoms with Gasteiger partial charge in [0.1, 0.15) is 11.5 Å². The number of nitrogens with zero attached hydrogens (tertiary/aromatic N) is 1. The number of nitrogens with one attached hydrogen (secondary N) is 1. The Labute approximate surface area is 162 Å². The SMILES string of the molecule is O=C(NC[C@H](c1ccco1)N1CCCC1)c1ccc(-c2ccc(Cl)cc2)o1. The van der Waals surface area contributed by atoms with Crippen LogP contribution in [0.15, 0.2) is 63.6 Å². The van der Waals surface area contributed by atoms with Crippen LogP contribution in [0.3, 0.4) is 0 Å². The minimum atomic E-state index is -0.231. The van der Waals surface area contributed by atoms with Gasteiger partial charge in [0.2, 0.25) is 0 Å². The van der Waals surface area contributed by atoms with E-state index in [1.807, 2.05) is 24.3 Å². The Morgan fingerprint density at radius 1 is 1.11 bits per heavy atom. The third-order valence-corrected chi connectivity index (χ3v) is 5.12. The van der Waals surface area contributed by atoms with Crippen molar-refractivity contribution in [3.63, 3.8) is 0 Å². The smallest absolute Gasteiger partial charge is 0.287 e. The largest absolute Gasteiger partial charge is 0.468 e. The van der Waals surface area contributed by atoms with Crippen molar-refractivity contribution < 1.29 is 13.6 Å². The predicted octanol–water partition coefficient (Wildman–Crippen LogP) is 4.76. The summed E-state index contributed by atoms with van der Waals surface area (Å²) in [5.74, 6) is 1.57. The van der Waals surface area contributed by atoms with Crippen LogP contribution in [0, 0.1) is 0 Å². The molecule has 1 aliphatic heterocycles. The molecular weight excluding hydrogens is 364 g/mol. The molecule has 0 spiro atoms. The van der Waals surface area contributed by atoms with Crippen molar-refractivity contribution in [2.45, 2.75) is 18.9 Å². The molecule has 0 saturated carbocycles. The number of rotatable bonds is 6. The number of carbonyl (C=O) groups is 1. The van der Waals surface area contributed by atoms with Gasteiger partial charge in [-0.15, -0.1) is 0 Å². The normalized spacial score (nSPS) is 15.7. The van der Waals surface area contributed by atoms with Crippen molar-refractivity contribution in [2.24, 2.45) is 0 Å². The van der Waals surface area contributed by atoms with E-state index in [4.69, 9.17) is 20.4 Å². The Morgan fingerprint density at radius 3 is 2.59 bits per heavy atom. The van der Waals surface area contributed by atoms with Gasteiger partial charge in [-0.25, -0.2) is 0 Å². The zero-order valence-electron chi connectivity index (χ0n) is 14.9. The van der Waals surface area contributed by atoms with Crippen LogP contribution in [0.4, 0.5) is 0 Å². The molecule has 3 aromatic rings. The van der Waals surface area contributed by atoms with Crippen LogP contribution in [-0.4, -0.2) is 30.4 Å². The summed E-state index contributed by atoms with van der Waals surface area (Å²) < 4.78 is 11.3. The molecule has 1 aliphatic rings. The highest BCUT2D eigenvalue weighted by Crippen LogP contribution is 2.26. The van der Waals surface area contributed by atoms with Gasteiger partial charge in [-0.3, -0.25) is 9.69 Å². The molecule has 0 aliphatic carbocycles. The summed E-state index contributed by atoms with van der Waals surface area (Å²) in [5, 5.41) is 3.64. The Hall–Kier alpha value is -2.50. The Kier molecular flexibility index (Phi) is 5.32. The van der Waals surface area contributed by atoms with Crippen LogP contribution < -0.4 is 5.32 Å². The average Bonchev–Trinajstić information content (AvgIpc) is 3.44. The molecule has 27 heavy (non-hydrogen) atoms. The Balaban J connectivity index is 1.43. The molecule has 1 atom stereocenters. The summed E-state index contributed by atoms with van der Waals surface area (Å²) in [6, 6.07) is 14.7. The van der Waals surface area contributed by atoms with E-state index in [-0.39, 0.29) is 11.9 Å². The summed E-state index contributed by atoms with van der Waals surface area (Å²) >= 11 is 5.92. The first-order valence-electron chi connectivity index (χ1n) is 9.12. The molecule has 3 heterocycles. The van der Waals surface area contributed by atoms with Crippen LogP contribution in [0.1, 0.15) is 35.2 Å². The average molecular weight is 385 g/mol. The number of furan rings is 2. The molecule has 0 bridgehead atoms. The van der Waals surface area contributed by atoms with Gasteiger partial charge in [-0.05, 0) is 74.5 Å². The first-order valence-corrected chi connectivity index (χ1v) is 9.50. The van der Waals surface area contributed by atoms with Crippen molar-refractivity contribution in [1.29, 1.82) is 0 Å². The maximum absolute atomic E-state index is 12.6. The Bertz CT molecular complexity index is 881. The van der Waals surface area contributed by atoms with Gasteiger partial charge < -0.3 is 14.2 Å². The summed E-state index contributed by atoms with van der Waals surface area (Å²) in [6.45, 7) is 2.51. The number of hydrogen-bond acceptors (Lipinski definition) is 4. The van der Waals surface area contributed by atoms with Crippen LogP contribution >= 0.6 is 11.6 Å². The predicted molar refractivity (Wildman–Crippen MR) is 104 cm³/mol. The van der Waals surface area contributed by atoms with Gasteiger partial charge in [0.05, 0.1) is 12.3 Å². The van der Waals surface area contributed by atoms with Crippen molar-refractivity contribution >= 4 is 17.5 Å². The lowest BCUT2D eigenvalue weighted by atomic mass is 10.2. The quantitative estimate of drug-likeness (QED) is 0.665. The number of amides is 1. The molecular formula is C21H21ClN2O3. The number of likely N-dealkylation sites (tertiary alicyclic amines) is 1. The van der Waals surface area contributed by atoms with Crippen LogP contribution in [0.25, 0.3) is 11.3 Å². The van der Waals surface area contributed by atoms with Crippen LogP contribution in [-0.2, 0) is 0 Å². The summed E-state index contributed by atoms with van der Waals surface area (Å²) in [6.07, 6.45) is 4.02. The van der Waals surface area contributed by atoms with E-state index in [1.54, 1.807) is 30.5 Å². The lowest BCUT2D eigenvalue weighted by Gasteiger charge is -2.25. The van der Waals surface area contributed by atoms with Gasteiger partial charge in [-0.1, -0.05) is 11.6 Å². The second-order valence-corrected chi connectivity index (χ2v) is 7.09.